The van der Waals surface area contributed by atoms with Gasteiger partial charge in [-0.2, -0.15) is 0 Å². The fourth-order valence-electron chi connectivity index (χ4n) is 2.10. The van der Waals surface area contributed by atoms with Crippen molar-refractivity contribution < 1.29 is 13.5 Å². The Hall–Kier alpha value is -2.05. The maximum absolute atomic E-state index is 12.7. The third kappa shape index (κ3) is 3.17. The van der Waals surface area contributed by atoms with E-state index in [-0.39, 0.29) is 23.7 Å². The average Bonchev–Trinajstić information content (AvgIpc) is 2.48. The van der Waals surface area contributed by atoms with Crippen LogP contribution in [0.25, 0.3) is 0 Å². The van der Waals surface area contributed by atoms with Gasteiger partial charge in [-0.15, -0.1) is 0 Å². The highest BCUT2D eigenvalue weighted by Gasteiger charge is 2.23. The number of hydrogen-bond donors (Lipinski definition) is 2. The molecule has 0 unspecified atom stereocenters. The van der Waals surface area contributed by atoms with E-state index in [0.717, 1.165) is 5.56 Å². The lowest BCUT2D eigenvalue weighted by Gasteiger charge is -2.23. The molecule has 0 saturated heterocycles. The van der Waals surface area contributed by atoms with Crippen molar-refractivity contribution in [1.82, 2.24) is 0 Å². The van der Waals surface area contributed by atoms with Crippen LogP contribution in [0.5, 0.6) is 5.75 Å². The van der Waals surface area contributed by atoms with Crippen molar-refractivity contribution in [2.45, 2.75) is 18.4 Å². The number of nitrogens with zero attached hydrogens (tertiary/aromatic N) is 1. The highest BCUT2D eigenvalue weighted by molar-refractivity contribution is 7.92. The highest BCUT2D eigenvalue weighted by Crippen LogP contribution is 2.26. The number of benzene rings is 2. The van der Waals surface area contributed by atoms with Crippen LogP contribution in [0, 0.1) is 0 Å². The molecular weight excluding hydrogens is 288 g/mol. The Kier molecular flexibility index (Phi) is 4.50. The van der Waals surface area contributed by atoms with E-state index in [0.29, 0.717) is 5.69 Å². The van der Waals surface area contributed by atoms with Gasteiger partial charge in [0.2, 0.25) is 0 Å². The van der Waals surface area contributed by atoms with Gasteiger partial charge in [0.15, 0.2) is 0 Å². The molecule has 2 aromatic rings. The van der Waals surface area contributed by atoms with Gasteiger partial charge in [-0.25, -0.2) is 8.42 Å². The van der Waals surface area contributed by atoms with Crippen LogP contribution in [0.4, 0.5) is 5.69 Å². The van der Waals surface area contributed by atoms with Crippen molar-refractivity contribution in [1.29, 1.82) is 0 Å². The van der Waals surface area contributed by atoms with Crippen molar-refractivity contribution >= 4 is 15.7 Å². The topological polar surface area (TPSA) is 83.6 Å². The molecule has 0 amide bonds. The molecule has 0 aliphatic carbocycles. The molecule has 0 spiro atoms. The van der Waals surface area contributed by atoms with Crippen molar-refractivity contribution in [3.63, 3.8) is 0 Å². The molecule has 0 atom stereocenters. The molecule has 5 nitrogen and oxygen atoms in total. The molecular formula is C15H18N2O3S. The molecule has 21 heavy (non-hydrogen) atoms. The zero-order chi connectivity index (χ0) is 15.5. The van der Waals surface area contributed by atoms with Gasteiger partial charge in [-0.3, -0.25) is 4.31 Å². The molecule has 0 fully saturated rings. The molecule has 0 heterocycles. The number of hydrogen-bond acceptors (Lipinski definition) is 4. The minimum atomic E-state index is -3.69. The lowest BCUT2D eigenvalue weighted by molar-refractivity contribution is 0.475. The van der Waals surface area contributed by atoms with E-state index in [2.05, 4.69) is 0 Å². The third-order valence-corrected chi connectivity index (χ3v) is 5.03. The van der Waals surface area contributed by atoms with E-state index >= 15 is 0 Å². The van der Waals surface area contributed by atoms with E-state index in [4.69, 9.17) is 5.73 Å². The number of phenols is 1. The van der Waals surface area contributed by atoms with Gasteiger partial charge < -0.3 is 10.8 Å². The Balaban J connectivity index is 2.49. The molecule has 2 aromatic carbocycles. The summed E-state index contributed by atoms with van der Waals surface area (Å²) in [4.78, 5) is 0.190. The van der Waals surface area contributed by atoms with E-state index in [1.807, 2.05) is 0 Å². The standard InChI is InChI=1S/C15H18N2O3S/c1-2-17(13-6-4-7-14(18)10-13)21(19,20)15-8-3-5-12(9-15)11-16/h3-10,18H,2,11,16H2,1H3. The second kappa shape index (κ2) is 6.15. The second-order valence-electron chi connectivity index (χ2n) is 4.54. The lowest BCUT2D eigenvalue weighted by Crippen LogP contribution is -2.30. The number of anilines is 1. The third-order valence-electron chi connectivity index (χ3n) is 3.13. The first kappa shape index (κ1) is 15.3. The van der Waals surface area contributed by atoms with Gasteiger partial charge >= 0.3 is 0 Å². The maximum Gasteiger partial charge on any atom is 0.264 e. The minimum absolute atomic E-state index is 0.0249. The van der Waals surface area contributed by atoms with Crippen molar-refractivity contribution in [2.24, 2.45) is 5.73 Å². The molecule has 0 aliphatic heterocycles. The monoisotopic (exact) mass is 306 g/mol. The van der Waals surface area contributed by atoms with Gasteiger partial charge in [0.1, 0.15) is 5.75 Å². The molecule has 0 aliphatic rings. The summed E-state index contributed by atoms with van der Waals surface area (Å²) in [6.07, 6.45) is 0. The number of nitrogens with two attached hydrogens (primary N) is 1. The Morgan fingerprint density at radius 1 is 1.14 bits per heavy atom. The summed E-state index contributed by atoms with van der Waals surface area (Å²) in [6, 6.07) is 12.7. The number of sulfonamides is 1. The van der Waals surface area contributed by atoms with Crippen molar-refractivity contribution in [3.8, 4) is 5.75 Å². The van der Waals surface area contributed by atoms with Crippen LogP contribution in [0.2, 0.25) is 0 Å². The van der Waals surface area contributed by atoms with Crippen LogP contribution in [-0.2, 0) is 16.6 Å². The van der Waals surface area contributed by atoms with Crippen LogP contribution in [-0.4, -0.2) is 20.1 Å². The summed E-state index contributed by atoms with van der Waals surface area (Å²) in [6.45, 7) is 2.29. The molecule has 3 N–H and O–H groups in total. The summed E-state index contributed by atoms with van der Waals surface area (Å²) < 4.78 is 26.7. The van der Waals surface area contributed by atoms with Gasteiger partial charge in [0.25, 0.3) is 10.0 Å². The molecule has 0 saturated carbocycles. The molecule has 6 heteroatoms. The summed E-state index contributed by atoms with van der Waals surface area (Å²) >= 11 is 0. The van der Waals surface area contributed by atoms with Crippen LogP contribution < -0.4 is 10.0 Å². The summed E-state index contributed by atoms with van der Waals surface area (Å²) in [7, 11) is -3.69. The lowest BCUT2D eigenvalue weighted by atomic mass is 10.2. The van der Waals surface area contributed by atoms with Crippen LogP contribution in [0.15, 0.2) is 53.4 Å². The fourth-order valence-corrected chi connectivity index (χ4v) is 3.64. The van der Waals surface area contributed by atoms with Crippen LogP contribution in [0.1, 0.15) is 12.5 Å². The number of aromatic hydroxyl groups is 1. The van der Waals surface area contributed by atoms with E-state index in [1.54, 1.807) is 43.3 Å². The molecule has 0 aromatic heterocycles. The van der Waals surface area contributed by atoms with Crippen LogP contribution in [0.3, 0.4) is 0 Å². The van der Waals surface area contributed by atoms with E-state index in [1.165, 1.54) is 16.4 Å². The normalized spacial score (nSPS) is 11.3. The smallest absolute Gasteiger partial charge is 0.264 e. The summed E-state index contributed by atoms with van der Waals surface area (Å²) in [5.41, 5.74) is 6.74. The quantitative estimate of drug-likeness (QED) is 0.885. The molecule has 2 rings (SSSR count). The minimum Gasteiger partial charge on any atom is -0.508 e. The predicted octanol–water partition coefficient (Wildman–Crippen LogP) is 2.07. The predicted molar refractivity (Wildman–Crippen MR) is 82.6 cm³/mol. The zero-order valence-electron chi connectivity index (χ0n) is 11.7. The zero-order valence-corrected chi connectivity index (χ0v) is 12.5. The first-order valence-electron chi connectivity index (χ1n) is 6.60. The Labute approximate surface area is 124 Å². The van der Waals surface area contributed by atoms with Gasteiger partial charge in [0.05, 0.1) is 10.6 Å². The second-order valence-corrected chi connectivity index (χ2v) is 6.40. The number of rotatable bonds is 5. The van der Waals surface area contributed by atoms with E-state index in [9.17, 15) is 13.5 Å². The maximum atomic E-state index is 12.7. The molecule has 112 valence electrons. The SMILES string of the molecule is CCN(c1cccc(O)c1)S(=O)(=O)c1cccc(CN)c1. The first-order chi connectivity index (χ1) is 9.98. The fraction of sp³-hybridized carbons (Fsp3) is 0.200. The molecule has 0 bridgehead atoms. The number of phenolic OH excluding ortho intramolecular Hbond substituents is 1. The van der Waals surface area contributed by atoms with Crippen molar-refractivity contribution in [2.75, 3.05) is 10.8 Å². The molecule has 0 radical (unpaired) electrons. The average molecular weight is 306 g/mol. The Bertz CT molecular complexity index is 729. The van der Waals surface area contributed by atoms with Gasteiger partial charge in [-0.05, 0) is 36.8 Å². The summed E-state index contributed by atoms with van der Waals surface area (Å²) in [5.74, 6) is 0.0249. The Morgan fingerprint density at radius 2 is 1.86 bits per heavy atom. The van der Waals surface area contributed by atoms with Crippen molar-refractivity contribution in [3.05, 3.63) is 54.1 Å². The first-order valence-corrected chi connectivity index (χ1v) is 8.04. The summed E-state index contributed by atoms with van der Waals surface area (Å²) in [5, 5.41) is 9.54. The van der Waals surface area contributed by atoms with Gasteiger partial charge in [0, 0.05) is 19.2 Å². The van der Waals surface area contributed by atoms with E-state index < -0.39 is 10.0 Å². The highest BCUT2D eigenvalue weighted by atomic mass is 32.2. The van der Waals surface area contributed by atoms with Crippen LogP contribution >= 0.6 is 0 Å². The Morgan fingerprint density at radius 3 is 2.48 bits per heavy atom. The largest absolute Gasteiger partial charge is 0.508 e. The van der Waals surface area contributed by atoms with Gasteiger partial charge in [-0.1, -0.05) is 18.2 Å².